The molecule has 0 aliphatic carbocycles. The molecule has 0 radical (unpaired) electrons. The van der Waals surface area contributed by atoms with Gasteiger partial charge in [0.2, 0.25) is 0 Å². The monoisotopic (exact) mass is 253 g/mol. The van der Waals surface area contributed by atoms with Crippen LogP contribution in [0.5, 0.6) is 0 Å². The molecule has 2 N–H and O–H groups in total. The normalized spacial score (nSPS) is 13.1. The number of halogens is 1. The zero-order chi connectivity index (χ0) is 12.9. The Morgan fingerprint density at radius 1 is 1.35 bits per heavy atom. The van der Waals surface area contributed by atoms with Crippen molar-refractivity contribution in [3.8, 4) is 0 Å². The van der Waals surface area contributed by atoms with Gasteiger partial charge in [-0.15, -0.1) is 0 Å². The van der Waals surface area contributed by atoms with Crippen molar-refractivity contribution >= 4 is 23.5 Å². The molecule has 0 amide bonds. The quantitative estimate of drug-likeness (QED) is 0.492. The van der Waals surface area contributed by atoms with Crippen LogP contribution in [0.3, 0.4) is 0 Å². The fourth-order valence-electron chi connectivity index (χ4n) is 1.02. The number of benzene rings is 1. The van der Waals surface area contributed by atoms with Crippen molar-refractivity contribution in [2.75, 3.05) is 0 Å². The van der Waals surface area contributed by atoms with E-state index in [2.05, 4.69) is 15.7 Å². The fourth-order valence-corrected chi connectivity index (χ4v) is 1.15. The number of nitrogens with one attached hydrogen (secondary N) is 1. The molecule has 4 nitrogen and oxygen atoms in total. The summed E-state index contributed by atoms with van der Waals surface area (Å²) >= 11 is 5.78. The molecule has 0 saturated carbocycles. The first kappa shape index (κ1) is 13.5. The molecule has 1 rings (SSSR count). The first-order valence-electron chi connectivity index (χ1n) is 5.20. The second-order valence-electron chi connectivity index (χ2n) is 4.23. The Bertz CT molecular complexity index is 424. The number of hydrogen-bond acceptors (Lipinski definition) is 4. The lowest BCUT2D eigenvalue weighted by Gasteiger charge is -2.22. The largest absolute Gasteiger partial charge is 0.411 e. The van der Waals surface area contributed by atoms with Crippen molar-refractivity contribution < 1.29 is 5.21 Å². The third kappa shape index (κ3) is 4.07. The molecule has 1 aromatic carbocycles. The van der Waals surface area contributed by atoms with E-state index in [0.717, 1.165) is 5.56 Å². The summed E-state index contributed by atoms with van der Waals surface area (Å²) in [6.45, 7) is 5.48. The molecule has 92 valence electrons. The van der Waals surface area contributed by atoms with Crippen molar-refractivity contribution in [1.29, 1.82) is 0 Å². The van der Waals surface area contributed by atoms with Crippen LogP contribution in [-0.4, -0.2) is 22.7 Å². The lowest BCUT2D eigenvalue weighted by Crippen LogP contribution is -2.42. The van der Waals surface area contributed by atoms with Crippen LogP contribution in [0, 0.1) is 0 Å². The smallest absolute Gasteiger partial charge is 0.0902 e. The Hall–Kier alpha value is -1.55. The number of oxime groups is 1. The van der Waals surface area contributed by atoms with Crippen molar-refractivity contribution in [2.45, 2.75) is 26.3 Å². The van der Waals surface area contributed by atoms with Gasteiger partial charge >= 0.3 is 0 Å². The van der Waals surface area contributed by atoms with E-state index < -0.39 is 5.54 Å². The van der Waals surface area contributed by atoms with Crippen LogP contribution in [0.1, 0.15) is 26.3 Å². The average molecular weight is 254 g/mol. The molecule has 0 aromatic heterocycles. The predicted octanol–water partition coefficient (Wildman–Crippen LogP) is 2.89. The molecule has 0 unspecified atom stereocenters. The van der Waals surface area contributed by atoms with Gasteiger partial charge < -0.3 is 5.21 Å². The molecular weight excluding hydrogens is 238 g/mol. The van der Waals surface area contributed by atoms with Gasteiger partial charge in [-0.3, -0.25) is 5.43 Å². The van der Waals surface area contributed by atoms with Gasteiger partial charge in [-0.1, -0.05) is 28.9 Å². The third-order valence-electron chi connectivity index (χ3n) is 2.48. The van der Waals surface area contributed by atoms with Gasteiger partial charge in [-0.25, -0.2) is 0 Å². The van der Waals surface area contributed by atoms with E-state index in [1.165, 1.54) is 0 Å². The van der Waals surface area contributed by atoms with Gasteiger partial charge in [0, 0.05) is 5.02 Å². The zero-order valence-electron chi connectivity index (χ0n) is 10.1. The lowest BCUT2D eigenvalue weighted by molar-refractivity contribution is 0.311. The Labute approximate surface area is 106 Å². The molecule has 0 aliphatic rings. The zero-order valence-corrected chi connectivity index (χ0v) is 10.9. The summed E-state index contributed by atoms with van der Waals surface area (Å²) in [6, 6.07) is 7.34. The minimum absolute atomic E-state index is 0.488. The number of hydrogen-bond donors (Lipinski definition) is 2. The van der Waals surface area contributed by atoms with E-state index in [4.69, 9.17) is 16.8 Å². The highest BCUT2D eigenvalue weighted by Crippen LogP contribution is 2.08. The summed E-state index contributed by atoms with van der Waals surface area (Å²) in [4.78, 5) is 0. The molecule has 0 spiro atoms. The molecule has 1 aromatic rings. The topological polar surface area (TPSA) is 57.0 Å². The fraction of sp³-hybridized carbons (Fsp3) is 0.333. The van der Waals surface area contributed by atoms with E-state index in [1.807, 2.05) is 26.0 Å². The third-order valence-corrected chi connectivity index (χ3v) is 2.73. The minimum Gasteiger partial charge on any atom is -0.411 e. The van der Waals surface area contributed by atoms with Crippen molar-refractivity contribution in [3.05, 3.63) is 34.9 Å². The SMILES string of the molecule is C/C(=N/O)C(C)(C)N/N=C/c1ccc(Cl)cc1. The van der Waals surface area contributed by atoms with Gasteiger partial charge in [-0.05, 0) is 38.5 Å². The van der Waals surface area contributed by atoms with Crippen LogP contribution in [-0.2, 0) is 0 Å². The van der Waals surface area contributed by atoms with Crippen LogP contribution < -0.4 is 5.43 Å². The Kier molecular flexibility index (Phi) is 4.52. The number of hydrazone groups is 1. The first-order valence-corrected chi connectivity index (χ1v) is 5.58. The van der Waals surface area contributed by atoms with Gasteiger partial charge in [0.25, 0.3) is 0 Å². The van der Waals surface area contributed by atoms with Crippen LogP contribution in [0.4, 0.5) is 0 Å². The lowest BCUT2D eigenvalue weighted by atomic mass is 10.0. The molecule has 17 heavy (non-hydrogen) atoms. The molecule has 0 saturated heterocycles. The number of nitrogens with zero attached hydrogens (tertiary/aromatic N) is 2. The maximum absolute atomic E-state index is 8.70. The molecule has 0 fully saturated rings. The summed E-state index contributed by atoms with van der Waals surface area (Å²) < 4.78 is 0. The summed E-state index contributed by atoms with van der Waals surface area (Å²) in [6.07, 6.45) is 1.68. The molecule has 0 aliphatic heterocycles. The number of rotatable bonds is 4. The van der Waals surface area contributed by atoms with Crippen molar-refractivity contribution in [2.24, 2.45) is 10.3 Å². The standard InChI is InChI=1S/C12H16ClN3O/c1-9(15-17)12(2,3)16-14-8-10-4-6-11(13)7-5-10/h4-8,16-17H,1-3H3/b14-8+,15-9-. The minimum atomic E-state index is -0.488. The first-order chi connectivity index (χ1) is 7.95. The van der Waals surface area contributed by atoms with Gasteiger partial charge in [-0.2, -0.15) is 5.10 Å². The van der Waals surface area contributed by atoms with E-state index in [-0.39, 0.29) is 0 Å². The van der Waals surface area contributed by atoms with Crippen LogP contribution >= 0.6 is 11.6 Å². The summed E-state index contributed by atoms with van der Waals surface area (Å²) in [5.74, 6) is 0. The summed E-state index contributed by atoms with van der Waals surface area (Å²) in [5.41, 5.74) is 3.93. The highest BCUT2D eigenvalue weighted by atomic mass is 35.5. The van der Waals surface area contributed by atoms with Crippen molar-refractivity contribution in [3.63, 3.8) is 0 Å². The highest BCUT2D eigenvalue weighted by molar-refractivity contribution is 6.30. The second-order valence-corrected chi connectivity index (χ2v) is 4.67. The van der Waals surface area contributed by atoms with E-state index in [0.29, 0.717) is 10.7 Å². The second kappa shape index (κ2) is 5.68. The Morgan fingerprint density at radius 3 is 2.47 bits per heavy atom. The van der Waals surface area contributed by atoms with Crippen LogP contribution in [0.25, 0.3) is 0 Å². The molecule has 0 bridgehead atoms. The molecule has 5 heteroatoms. The highest BCUT2D eigenvalue weighted by Gasteiger charge is 2.20. The predicted molar refractivity (Wildman–Crippen MR) is 71.2 cm³/mol. The Morgan fingerprint density at radius 2 is 1.94 bits per heavy atom. The van der Waals surface area contributed by atoms with Crippen LogP contribution in [0.15, 0.2) is 34.5 Å². The van der Waals surface area contributed by atoms with Crippen LogP contribution in [0.2, 0.25) is 5.02 Å². The van der Waals surface area contributed by atoms with E-state index in [1.54, 1.807) is 25.3 Å². The summed E-state index contributed by atoms with van der Waals surface area (Å²) in [7, 11) is 0. The molecule has 0 atom stereocenters. The van der Waals surface area contributed by atoms with E-state index in [9.17, 15) is 0 Å². The summed E-state index contributed by atoms with van der Waals surface area (Å²) in [5, 5.41) is 16.7. The maximum atomic E-state index is 8.70. The van der Waals surface area contributed by atoms with Gasteiger partial charge in [0.05, 0.1) is 17.5 Å². The molecular formula is C12H16ClN3O. The average Bonchev–Trinajstić information content (AvgIpc) is 2.30. The maximum Gasteiger partial charge on any atom is 0.0902 e. The van der Waals surface area contributed by atoms with Gasteiger partial charge in [0.1, 0.15) is 0 Å². The van der Waals surface area contributed by atoms with E-state index >= 15 is 0 Å². The Balaban J connectivity index is 2.64. The van der Waals surface area contributed by atoms with Crippen molar-refractivity contribution in [1.82, 2.24) is 5.43 Å². The molecule has 0 heterocycles. The van der Waals surface area contributed by atoms with Gasteiger partial charge in [0.15, 0.2) is 0 Å².